The van der Waals surface area contributed by atoms with E-state index in [1.165, 1.54) is 31.1 Å². The van der Waals surface area contributed by atoms with Crippen LogP contribution in [0.4, 0.5) is 10.5 Å². The fourth-order valence-electron chi connectivity index (χ4n) is 6.71. The molecule has 0 aromatic heterocycles. The molecule has 0 radical (unpaired) electrons. The van der Waals surface area contributed by atoms with Gasteiger partial charge in [-0.15, -0.1) is 0 Å². The number of halogens is 1. The minimum Gasteiger partial charge on any atom is -0.495 e. The number of nitrogens with zero attached hydrogens (tertiary/aromatic N) is 2. The van der Waals surface area contributed by atoms with E-state index in [4.69, 9.17) is 35.3 Å². The average Bonchev–Trinajstić information content (AvgIpc) is 3.76. The van der Waals surface area contributed by atoms with Crippen LogP contribution < -0.4 is 15.0 Å². The zero-order valence-corrected chi connectivity index (χ0v) is 31.9. The molecule has 0 unspecified atom stereocenters. The van der Waals surface area contributed by atoms with Crippen molar-refractivity contribution in [1.29, 1.82) is 0 Å². The molecule has 1 aromatic rings. The van der Waals surface area contributed by atoms with E-state index in [1.807, 2.05) is 26.8 Å². The Morgan fingerprint density at radius 3 is 2.53 bits per heavy atom. The van der Waals surface area contributed by atoms with Crippen molar-refractivity contribution >= 4 is 41.2 Å². The first-order valence-corrected chi connectivity index (χ1v) is 17.6. The lowest BCUT2D eigenvalue weighted by Gasteiger charge is -2.42. The highest BCUT2D eigenvalue weighted by atomic mass is 35.5. The molecule has 4 rings (SSSR count). The van der Waals surface area contributed by atoms with Crippen molar-refractivity contribution in [1.82, 2.24) is 10.2 Å². The van der Waals surface area contributed by atoms with Crippen LogP contribution in [0.1, 0.15) is 66.4 Å². The summed E-state index contributed by atoms with van der Waals surface area (Å²) in [7, 11) is 6.04. The van der Waals surface area contributed by atoms with E-state index in [-0.39, 0.29) is 36.1 Å². The lowest BCUT2D eigenvalue weighted by Crippen LogP contribution is -2.63. The van der Waals surface area contributed by atoms with Crippen LogP contribution >= 0.6 is 11.6 Å². The van der Waals surface area contributed by atoms with Crippen LogP contribution in [-0.4, -0.2) is 104 Å². The number of ether oxygens (including phenoxy) is 5. The van der Waals surface area contributed by atoms with Gasteiger partial charge in [-0.3, -0.25) is 14.9 Å². The Balaban J connectivity index is 1.77. The molecule has 2 N–H and O–H groups in total. The van der Waals surface area contributed by atoms with Gasteiger partial charge >= 0.3 is 12.1 Å². The second-order valence-electron chi connectivity index (χ2n) is 14.5. The molecule has 2 fully saturated rings. The Hall–Kier alpha value is -3.65. The normalized spacial score (nSPS) is 32.1. The molecule has 0 spiro atoms. The minimum atomic E-state index is -1.82. The fraction of sp³-hybridized carbons (Fsp3) is 0.622. The third kappa shape index (κ3) is 8.88. The number of carbonyl (C=O) groups is 4. The molecule has 13 nitrogen and oxygen atoms in total. The third-order valence-electron chi connectivity index (χ3n) is 10.1. The summed E-state index contributed by atoms with van der Waals surface area (Å²) in [5.41, 5.74) is -0.878. The Morgan fingerprint density at radius 1 is 1.22 bits per heavy atom. The third-order valence-corrected chi connectivity index (χ3v) is 10.5. The number of carbonyl (C=O) groups excluding carboxylic acids is 4. The molecule has 8 atom stereocenters. The van der Waals surface area contributed by atoms with E-state index in [1.54, 1.807) is 52.1 Å². The molecule has 3 aliphatic heterocycles. The van der Waals surface area contributed by atoms with E-state index < -0.39 is 65.7 Å². The van der Waals surface area contributed by atoms with Gasteiger partial charge in [-0.05, 0) is 50.8 Å². The topological polar surface area (TPSA) is 156 Å². The van der Waals surface area contributed by atoms with Gasteiger partial charge in [0.15, 0.2) is 5.72 Å². The number of allylic oxidation sites excluding steroid dienone is 3. The first-order chi connectivity index (χ1) is 23.8. The molecular weight excluding hydrogens is 682 g/mol. The summed E-state index contributed by atoms with van der Waals surface area (Å²) in [4.78, 5) is 56.1. The number of hydrogen-bond acceptors (Lipinski definition) is 10. The molecule has 3 heterocycles. The number of likely N-dealkylation sites (N-methyl/N-ethyl adjacent to an activating group) is 1. The number of fused-ring (bicyclic) bond motifs is 5. The molecule has 3 aliphatic rings. The van der Waals surface area contributed by atoms with Crippen LogP contribution in [0.3, 0.4) is 0 Å². The highest BCUT2D eigenvalue weighted by molar-refractivity contribution is 6.35. The van der Waals surface area contributed by atoms with Gasteiger partial charge in [-0.2, -0.15) is 0 Å². The van der Waals surface area contributed by atoms with Crippen LogP contribution in [0, 0.1) is 11.8 Å². The number of aliphatic hydroxyl groups is 1. The second-order valence-corrected chi connectivity index (χ2v) is 14.9. The van der Waals surface area contributed by atoms with Crippen molar-refractivity contribution in [2.24, 2.45) is 11.8 Å². The summed E-state index contributed by atoms with van der Waals surface area (Å²) in [6, 6.07) is 2.64. The largest absolute Gasteiger partial charge is 0.495 e. The van der Waals surface area contributed by atoms with Crippen LogP contribution in [0.2, 0.25) is 5.02 Å². The fourth-order valence-corrected chi connectivity index (χ4v) is 7.02. The number of benzene rings is 1. The number of amides is 3. The van der Waals surface area contributed by atoms with E-state index in [9.17, 15) is 24.3 Å². The maximum Gasteiger partial charge on any atom is 0.409 e. The first kappa shape index (κ1) is 40.1. The smallest absolute Gasteiger partial charge is 0.409 e. The summed E-state index contributed by atoms with van der Waals surface area (Å²) < 4.78 is 29.2. The number of hydrogen-bond donors (Lipinski definition) is 2. The van der Waals surface area contributed by atoms with Crippen molar-refractivity contribution in [2.75, 3.05) is 33.2 Å². The number of methoxy groups -OCH3 is 2. The summed E-state index contributed by atoms with van der Waals surface area (Å²) in [6.07, 6.45) is 1.26. The number of epoxide rings is 1. The molecule has 0 saturated carbocycles. The number of esters is 1. The summed E-state index contributed by atoms with van der Waals surface area (Å²) in [5, 5.41) is 14.5. The molecule has 2 saturated heterocycles. The Labute approximate surface area is 305 Å². The standard InChI is InChI=1S/C37H52ClN3O10/c1-20(2)14-30(42)40(7)23(5)34(44)50-29-18-31(43)41(8)25-16-24(17-26(47-9)32(25)38)15-21(3)12-11-13-28(48-10)37(46)19-27(49-35(45)39-37)22(4)33-36(29,6)51-33/h11-13,16-17,20,22-23,27-29,33,46H,14-15,18-19H2,1-10H3,(H,39,45)/b13-11-,21-12-/t22-,23-,27+,28-,29+,33-,36-,37+/m1/s1. The van der Waals surface area contributed by atoms with E-state index in [0.717, 1.165) is 11.1 Å². The monoisotopic (exact) mass is 733 g/mol. The van der Waals surface area contributed by atoms with Gasteiger partial charge in [-0.25, -0.2) is 9.59 Å². The predicted octanol–water partition coefficient (Wildman–Crippen LogP) is 4.56. The second kappa shape index (κ2) is 15.9. The number of nitrogens with one attached hydrogen (secondary N) is 1. The summed E-state index contributed by atoms with van der Waals surface area (Å²) in [6.45, 7) is 10.8. The van der Waals surface area contributed by atoms with Crippen LogP contribution in [0.25, 0.3) is 0 Å². The summed E-state index contributed by atoms with van der Waals surface area (Å²) in [5.74, 6) is -1.41. The quantitative estimate of drug-likeness (QED) is 0.301. The van der Waals surface area contributed by atoms with Gasteiger partial charge in [0.05, 0.1) is 25.3 Å². The van der Waals surface area contributed by atoms with Gasteiger partial charge in [0.25, 0.3) is 0 Å². The molecular formula is C37H52ClN3O10. The average molecular weight is 734 g/mol. The lowest BCUT2D eigenvalue weighted by molar-refractivity contribution is -0.162. The van der Waals surface area contributed by atoms with Crippen LogP contribution in [0.15, 0.2) is 35.9 Å². The number of rotatable bonds is 7. The number of alkyl carbamates (subject to hydrolysis) is 1. The van der Waals surface area contributed by atoms with Gasteiger partial charge in [0.2, 0.25) is 11.8 Å². The Bertz CT molecular complexity index is 1560. The molecule has 4 bridgehead atoms. The number of anilines is 1. The minimum absolute atomic E-state index is 0.0442. The van der Waals surface area contributed by atoms with Gasteiger partial charge in [0.1, 0.15) is 40.7 Å². The zero-order valence-electron chi connectivity index (χ0n) is 31.2. The van der Waals surface area contributed by atoms with Crippen LogP contribution in [-0.2, 0) is 39.8 Å². The molecule has 3 amide bonds. The van der Waals surface area contributed by atoms with Gasteiger partial charge in [0, 0.05) is 40.0 Å². The van der Waals surface area contributed by atoms with E-state index in [2.05, 4.69) is 5.32 Å². The van der Waals surface area contributed by atoms with Crippen molar-refractivity contribution in [2.45, 2.75) is 109 Å². The Kier molecular flexibility index (Phi) is 12.5. The SMILES string of the molecule is COc1cc2cc(c1Cl)N(C)C(=O)C[C@H](OC(=O)[C@@H](C)N(C)C(=O)CC(C)C)[C@@]1(C)O[C@@H]1[C@H](C)[C@@H]1C[C@@](O)(NC(=O)O1)[C@H](OC)/C=C\C=C(\C)C2. The van der Waals surface area contributed by atoms with Gasteiger partial charge < -0.3 is 38.6 Å². The zero-order chi connectivity index (χ0) is 38.0. The van der Waals surface area contributed by atoms with Crippen molar-refractivity contribution in [3.8, 4) is 5.75 Å². The van der Waals surface area contributed by atoms with Gasteiger partial charge in [-0.1, -0.05) is 56.2 Å². The predicted molar refractivity (Wildman–Crippen MR) is 190 cm³/mol. The molecule has 51 heavy (non-hydrogen) atoms. The van der Waals surface area contributed by atoms with E-state index >= 15 is 0 Å². The lowest BCUT2D eigenvalue weighted by atomic mass is 9.83. The molecule has 0 aliphatic carbocycles. The van der Waals surface area contributed by atoms with E-state index in [0.29, 0.717) is 17.9 Å². The molecule has 282 valence electrons. The Morgan fingerprint density at radius 2 is 1.90 bits per heavy atom. The van der Waals surface area contributed by atoms with Crippen molar-refractivity contribution in [3.05, 3.63) is 46.5 Å². The summed E-state index contributed by atoms with van der Waals surface area (Å²) >= 11 is 6.75. The highest BCUT2D eigenvalue weighted by Crippen LogP contribution is 2.49. The van der Waals surface area contributed by atoms with Crippen LogP contribution in [0.5, 0.6) is 5.75 Å². The van der Waals surface area contributed by atoms with Crippen molar-refractivity contribution < 1.29 is 48.0 Å². The molecule has 1 aromatic carbocycles. The highest BCUT2D eigenvalue weighted by Gasteiger charge is 2.64. The maximum atomic E-state index is 14.1. The first-order valence-electron chi connectivity index (χ1n) is 17.2. The maximum absolute atomic E-state index is 14.1. The molecule has 14 heteroatoms. The van der Waals surface area contributed by atoms with Crippen molar-refractivity contribution in [3.63, 3.8) is 0 Å².